The monoisotopic (exact) mass is 768 g/mol. The molecule has 3 aliphatic carbocycles. The van der Waals surface area contributed by atoms with Crippen LogP contribution in [-0.2, 0) is 30.1 Å². The summed E-state index contributed by atoms with van der Waals surface area (Å²) in [5.41, 5.74) is -2.79. The van der Waals surface area contributed by atoms with Crippen LogP contribution < -0.4 is 4.74 Å². The van der Waals surface area contributed by atoms with Gasteiger partial charge in [-0.05, 0) is 67.7 Å². The van der Waals surface area contributed by atoms with Gasteiger partial charge in [-0.25, -0.2) is 4.79 Å². The summed E-state index contributed by atoms with van der Waals surface area (Å²) in [5, 5.41) is 13.3. The molecule has 0 saturated heterocycles. The topological polar surface area (TPSA) is 108 Å². The number of fused-ring (bicyclic) bond motifs is 3. The average Bonchev–Trinajstić information content (AvgIpc) is 3.07. The first kappa shape index (κ1) is 38.6. The number of methoxy groups -OCH3 is 1. The number of ether oxygens (including phenoxy) is 3. The molecular formula is C40H53BrO8Si. The van der Waals surface area contributed by atoms with E-state index in [9.17, 15) is 14.7 Å². The first-order valence-electron chi connectivity index (χ1n) is 17.6. The van der Waals surface area contributed by atoms with E-state index in [-0.39, 0.29) is 23.8 Å². The summed E-state index contributed by atoms with van der Waals surface area (Å²) in [6.07, 6.45) is -0.170. The van der Waals surface area contributed by atoms with Crippen molar-refractivity contribution in [1.82, 2.24) is 0 Å². The van der Waals surface area contributed by atoms with E-state index < -0.39 is 66.6 Å². The number of carbonyl (C=O) groups is 3. The molecule has 1 N–H and O–H groups in total. The smallest absolute Gasteiger partial charge is 0.338 e. The second-order valence-corrected chi connectivity index (χ2v) is 21.8. The Bertz CT molecular complexity index is 1610. The number of carbonyl (C=O) groups excluding carboxylic acids is 3. The normalized spacial score (nSPS) is 31.2. The molecule has 0 aromatic heterocycles. The summed E-state index contributed by atoms with van der Waals surface area (Å²) in [5.74, 6) is -2.00. The molecule has 0 amide bonds. The van der Waals surface area contributed by atoms with Crippen molar-refractivity contribution in [1.29, 1.82) is 0 Å². The second-order valence-electron chi connectivity index (χ2n) is 16.5. The van der Waals surface area contributed by atoms with E-state index in [1.54, 1.807) is 37.4 Å². The molecule has 272 valence electrons. The van der Waals surface area contributed by atoms with E-state index in [0.717, 1.165) is 11.1 Å². The van der Waals surface area contributed by atoms with Crippen molar-refractivity contribution in [2.45, 2.75) is 109 Å². The van der Waals surface area contributed by atoms with Crippen LogP contribution in [0.25, 0.3) is 0 Å². The number of esters is 1. The minimum Gasteiger partial charge on any atom is -0.497 e. The van der Waals surface area contributed by atoms with Gasteiger partial charge in [-0.3, -0.25) is 9.59 Å². The Labute approximate surface area is 306 Å². The minimum atomic E-state index is -2.49. The molecule has 0 radical (unpaired) electrons. The molecule has 2 saturated carbocycles. The molecule has 0 unspecified atom stereocenters. The van der Waals surface area contributed by atoms with Crippen LogP contribution in [0.2, 0.25) is 18.1 Å². The van der Waals surface area contributed by atoms with Gasteiger partial charge in [-0.1, -0.05) is 92.5 Å². The molecule has 0 heterocycles. The zero-order chi connectivity index (χ0) is 36.9. The zero-order valence-electron chi connectivity index (χ0n) is 30.9. The first-order chi connectivity index (χ1) is 23.3. The molecule has 3 aliphatic rings. The largest absolute Gasteiger partial charge is 0.497 e. The highest BCUT2D eigenvalue weighted by Gasteiger charge is 2.72. The van der Waals surface area contributed by atoms with Crippen molar-refractivity contribution in [3.8, 4) is 5.75 Å². The predicted molar refractivity (Wildman–Crippen MR) is 199 cm³/mol. The predicted octanol–water partition coefficient (Wildman–Crippen LogP) is 7.86. The number of Topliss-reactive ketones (excluding diaryl/α,β-unsaturated/α-hetero) is 2. The van der Waals surface area contributed by atoms with Crippen LogP contribution in [0.4, 0.5) is 0 Å². The number of ketones is 2. The molecule has 10 heteroatoms. The van der Waals surface area contributed by atoms with Crippen LogP contribution in [0.1, 0.15) is 76.7 Å². The van der Waals surface area contributed by atoms with Crippen LogP contribution in [0.15, 0.2) is 66.2 Å². The fraction of sp³-hybridized carbons (Fsp3) is 0.575. The third kappa shape index (κ3) is 6.48. The van der Waals surface area contributed by atoms with E-state index in [2.05, 4.69) is 49.8 Å². The summed E-state index contributed by atoms with van der Waals surface area (Å²) in [4.78, 5) is 44.0. The fourth-order valence-electron chi connectivity index (χ4n) is 8.15. The van der Waals surface area contributed by atoms with E-state index >= 15 is 4.79 Å². The number of rotatable bonds is 9. The summed E-state index contributed by atoms with van der Waals surface area (Å²) in [6, 6.07) is 16.1. The number of hydrogen-bond donors (Lipinski definition) is 1. The summed E-state index contributed by atoms with van der Waals surface area (Å²) in [6.45, 7) is 16.4. The van der Waals surface area contributed by atoms with Gasteiger partial charge in [0, 0.05) is 29.0 Å². The van der Waals surface area contributed by atoms with Crippen LogP contribution in [0.3, 0.4) is 0 Å². The molecule has 2 bridgehead atoms. The van der Waals surface area contributed by atoms with Gasteiger partial charge in [0.15, 0.2) is 25.5 Å². The van der Waals surface area contributed by atoms with Gasteiger partial charge in [0.05, 0.1) is 30.8 Å². The average molecular weight is 770 g/mol. The second kappa shape index (κ2) is 14.1. The number of aliphatic hydroxyl groups is 1. The third-order valence-corrected chi connectivity index (χ3v) is 17.6. The van der Waals surface area contributed by atoms with Gasteiger partial charge in [0.2, 0.25) is 0 Å². The van der Waals surface area contributed by atoms with Crippen molar-refractivity contribution in [3.63, 3.8) is 0 Å². The number of benzene rings is 2. The lowest BCUT2D eigenvalue weighted by Crippen LogP contribution is -2.75. The third-order valence-electron chi connectivity index (χ3n) is 12.4. The number of alkyl halides is 1. The molecule has 0 spiro atoms. The van der Waals surface area contributed by atoms with E-state index in [1.165, 1.54) is 0 Å². The molecule has 5 rings (SSSR count). The number of halogens is 1. The van der Waals surface area contributed by atoms with E-state index in [1.807, 2.05) is 51.1 Å². The van der Waals surface area contributed by atoms with Crippen molar-refractivity contribution in [2.24, 2.45) is 22.7 Å². The Morgan fingerprint density at radius 2 is 1.66 bits per heavy atom. The Hall–Kier alpha value is -2.63. The summed E-state index contributed by atoms with van der Waals surface area (Å²) >= 11 is 3.67. The lowest BCUT2D eigenvalue weighted by molar-refractivity contribution is -0.234. The van der Waals surface area contributed by atoms with Crippen molar-refractivity contribution < 1.29 is 38.1 Å². The maximum Gasteiger partial charge on any atom is 0.338 e. The molecule has 7 atom stereocenters. The van der Waals surface area contributed by atoms with Gasteiger partial charge in [-0.15, -0.1) is 0 Å². The van der Waals surface area contributed by atoms with Gasteiger partial charge in [-0.2, -0.15) is 0 Å². The lowest BCUT2D eigenvalue weighted by atomic mass is 9.46. The SMILES string of the molecule is COc1ccc(CO[C@H]2C(=O)[C@]3(C)[C@@H](O[Si](C)(C)C(C)(C)C)CC=C(CBr)[C@H]3[C@H](OC(=O)c3ccccc3)[C@]3(O)C(=O)CC[C@H]2C3(C)C)cc1. The van der Waals surface area contributed by atoms with Crippen LogP contribution in [-0.4, -0.2) is 67.3 Å². The molecule has 2 fully saturated rings. The summed E-state index contributed by atoms with van der Waals surface area (Å²) < 4.78 is 25.6. The molecule has 0 aliphatic heterocycles. The quantitative estimate of drug-likeness (QED) is 0.119. The Balaban J connectivity index is 1.73. The highest BCUT2D eigenvalue weighted by atomic mass is 79.9. The van der Waals surface area contributed by atoms with Crippen LogP contribution in [0, 0.1) is 22.7 Å². The van der Waals surface area contributed by atoms with E-state index in [0.29, 0.717) is 29.5 Å². The Kier molecular flexibility index (Phi) is 10.9. The van der Waals surface area contributed by atoms with E-state index in [4.69, 9.17) is 18.6 Å². The fourth-order valence-corrected chi connectivity index (χ4v) is 10.1. The molecule has 2 aromatic rings. The molecular weight excluding hydrogens is 716 g/mol. The Morgan fingerprint density at radius 3 is 2.24 bits per heavy atom. The van der Waals surface area contributed by atoms with Crippen LogP contribution >= 0.6 is 15.9 Å². The summed E-state index contributed by atoms with van der Waals surface area (Å²) in [7, 11) is -0.880. The van der Waals surface area contributed by atoms with Gasteiger partial charge < -0.3 is 23.7 Å². The molecule has 2 aromatic carbocycles. The van der Waals surface area contributed by atoms with Crippen molar-refractivity contribution in [3.05, 3.63) is 77.4 Å². The number of hydrogen-bond acceptors (Lipinski definition) is 8. The maximum atomic E-state index is 15.7. The first-order valence-corrected chi connectivity index (χ1v) is 21.6. The zero-order valence-corrected chi connectivity index (χ0v) is 33.5. The standard InChI is InChI=1S/C40H53BrO8Si/c1-37(2,3)50(8,9)49-31-22-17-27(23-41)32-35(48-36(44)26-13-11-10-12-14-26)40(45)30(42)21-20-29(38(40,4)5)33(34(43)39(31,32)6)47-24-25-15-18-28(46-7)19-16-25/h10-19,29,31-33,35,45H,20-24H2,1-9H3/t29-,31+,32+,33-,35+,39-,40-/m1/s1. The van der Waals surface area contributed by atoms with Gasteiger partial charge in [0.25, 0.3) is 0 Å². The maximum absolute atomic E-state index is 15.7. The molecule has 8 nitrogen and oxygen atoms in total. The van der Waals surface area contributed by atoms with Crippen molar-refractivity contribution >= 4 is 41.8 Å². The minimum absolute atomic E-state index is 0.0142. The Morgan fingerprint density at radius 1 is 1.02 bits per heavy atom. The van der Waals surface area contributed by atoms with Crippen LogP contribution in [0.5, 0.6) is 5.75 Å². The van der Waals surface area contributed by atoms with Gasteiger partial charge in [0.1, 0.15) is 18.0 Å². The highest BCUT2D eigenvalue weighted by molar-refractivity contribution is 9.09. The van der Waals surface area contributed by atoms with Crippen molar-refractivity contribution in [2.75, 3.05) is 12.4 Å². The van der Waals surface area contributed by atoms with Gasteiger partial charge >= 0.3 is 5.97 Å². The lowest BCUT2D eigenvalue weighted by Gasteiger charge is -2.62. The molecule has 50 heavy (non-hydrogen) atoms. The highest BCUT2D eigenvalue weighted by Crippen LogP contribution is 2.60.